The second-order valence-electron chi connectivity index (χ2n) is 5.17. The van der Waals surface area contributed by atoms with Crippen molar-refractivity contribution in [2.75, 3.05) is 6.54 Å². The molecule has 0 rings (SSSR count). The van der Waals surface area contributed by atoms with Crippen molar-refractivity contribution in [1.29, 1.82) is 0 Å². The molecule has 0 fully saturated rings. The fourth-order valence-electron chi connectivity index (χ4n) is 1.51. The first kappa shape index (κ1) is 14.4. The third-order valence-corrected chi connectivity index (χ3v) is 2.44. The maximum Gasteiger partial charge on any atom is 0.223 e. The van der Waals surface area contributed by atoms with Gasteiger partial charge in [-0.3, -0.25) is 4.79 Å². The minimum absolute atomic E-state index is 0.0639. The molecular formula is C12H25NO2. The van der Waals surface area contributed by atoms with E-state index >= 15 is 0 Å². The van der Waals surface area contributed by atoms with Crippen LogP contribution in [0.15, 0.2) is 0 Å². The van der Waals surface area contributed by atoms with Crippen molar-refractivity contribution in [3.8, 4) is 0 Å². The maximum absolute atomic E-state index is 11.8. The maximum atomic E-state index is 11.8. The summed E-state index contributed by atoms with van der Waals surface area (Å²) in [5.41, 5.74) is -0.830. The molecule has 0 aromatic heterocycles. The topological polar surface area (TPSA) is 49.3 Å². The lowest BCUT2D eigenvalue weighted by Gasteiger charge is -2.23. The number of nitrogens with one attached hydrogen (secondary N) is 1. The number of carbonyl (C=O) groups excluding carboxylic acids is 1. The van der Waals surface area contributed by atoms with Gasteiger partial charge in [-0.1, -0.05) is 27.2 Å². The summed E-state index contributed by atoms with van der Waals surface area (Å²) in [4.78, 5) is 11.8. The molecule has 0 aromatic rings. The Kier molecular flexibility index (Phi) is 5.88. The van der Waals surface area contributed by atoms with E-state index < -0.39 is 5.60 Å². The van der Waals surface area contributed by atoms with E-state index in [-0.39, 0.29) is 11.8 Å². The van der Waals surface area contributed by atoms with Crippen molar-refractivity contribution in [3.63, 3.8) is 0 Å². The first-order chi connectivity index (χ1) is 6.78. The van der Waals surface area contributed by atoms with Gasteiger partial charge in [0.05, 0.1) is 5.60 Å². The summed E-state index contributed by atoms with van der Waals surface area (Å²) in [5.74, 6) is 0.484. The van der Waals surface area contributed by atoms with E-state index in [4.69, 9.17) is 0 Å². The second-order valence-corrected chi connectivity index (χ2v) is 5.17. The molecule has 90 valence electrons. The van der Waals surface area contributed by atoms with Crippen LogP contribution >= 0.6 is 0 Å². The third-order valence-electron chi connectivity index (χ3n) is 2.44. The second kappa shape index (κ2) is 6.11. The molecule has 0 radical (unpaired) electrons. The molecule has 0 bridgehead atoms. The molecule has 15 heavy (non-hydrogen) atoms. The van der Waals surface area contributed by atoms with Gasteiger partial charge < -0.3 is 10.4 Å². The average Bonchev–Trinajstić information content (AvgIpc) is 2.08. The summed E-state index contributed by atoms with van der Waals surface area (Å²) in [7, 11) is 0. The van der Waals surface area contributed by atoms with E-state index in [1.165, 1.54) is 0 Å². The molecule has 0 aliphatic rings. The van der Waals surface area contributed by atoms with E-state index in [9.17, 15) is 9.90 Å². The standard InChI is InChI=1S/C12H25NO2/c1-6-7-10(9(2)3)11(14)13-8-12(4,5)15/h9-10,15H,6-8H2,1-5H3,(H,13,14)/t10-/m0/s1. The summed E-state index contributed by atoms with van der Waals surface area (Å²) in [6.07, 6.45) is 1.92. The lowest BCUT2D eigenvalue weighted by Crippen LogP contribution is -2.42. The summed E-state index contributed by atoms with van der Waals surface area (Å²) < 4.78 is 0. The Morgan fingerprint density at radius 3 is 2.27 bits per heavy atom. The van der Waals surface area contributed by atoms with E-state index in [2.05, 4.69) is 26.1 Å². The van der Waals surface area contributed by atoms with Gasteiger partial charge in [-0.25, -0.2) is 0 Å². The normalized spacial score (nSPS) is 14.1. The highest BCUT2D eigenvalue weighted by atomic mass is 16.3. The largest absolute Gasteiger partial charge is 0.389 e. The van der Waals surface area contributed by atoms with Crippen LogP contribution in [0.5, 0.6) is 0 Å². The van der Waals surface area contributed by atoms with E-state index in [1.54, 1.807) is 13.8 Å². The Balaban J connectivity index is 4.15. The molecule has 2 N–H and O–H groups in total. The SMILES string of the molecule is CCC[C@H](C(=O)NCC(C)(C)O)C(C)C. The van der Waals surface area contributed by atoms with Crippen molar-refractivity contribution in [1.82, 2.24) is 5.32 Å². The van der Waals surface area contributed by atoms with Gasteiger partial charge in [0.2, 0.25) is 5.91 Å². The number of carbonyl (C=O) groups is 1. The number of hydrogen-bond acceptors (Lipinski definition) is 2. The van der Waals surface area contributed by atoms with Crippen molar-refractivity contribution in [3.05, 3.63) is 0 Å². The summed E-state index contributed by atoms with van der Waals surface area (Å²) in [6, 6.07) is 0. The van der Waals surface area contributed by atoms with Crippen LogP contribution in [0.4, 0.5) is 0 Å². The van der Waals surface area contributed by atoms with Gasteiger partial charge in [0.25, 0.3) is 0 Å². The molecule has 0 heterocycles. The zero-order valence-electron chi connectivity index (χ0n) is 10.6. The smallest absolute Gasteiger partial charge is 0.223 e. The monoisotopic (exact) mass is 215 g/mol. The first-order valence-corrected chi connectivity index (χ1v) is 5.78. The zero-order valence-corrected chi connectivity index (χ0v) is 10.6. The van der Waals surface area contributed by atoms with Gasteiger partial charge in [-0.2, -0.15) is 0 Å². The van der Waals surface area contributed by atoms with Crippen LogP contribution in [0.1, 0.15) is 47.5 Å². The molecule has 0 saturated heterocycles. The molecule has 3 nitrogen and oxygen atoms in total. The number of hydrogen-bond donors (Lipinski definition) is 2. The van der Waals surface area contributed by atoms with Crippen LogP contribution in [0.2, 0.25) is 0 Å². The van der Waals surface area contributed by atoms with Crippen LogP contribution < -0.4 is 5.32 Å². The van der Waals surface area contributed by atoms with Crippen molar-refractivity contribution >= 4 is 5.91 Å². The molecule has 0 saturated carbocycles. The average molecular weight is 215 g/mol. The summed E-state index contributed by atoms with van der Waals surface area (Å²) >= 11 is 0. The summed E-state index contributed by atoms with van der Waals surface area (Å²) in [6.45, 7) is 9.90. The molecule has 0 unspecified atom stereocenters. The van der Waals surface area contributed by atoms with Gasteiger partial charge in [-0.15, -0.1) is 0 Å². The molecule has 0 spiro atoms. The van der Waals surface area contributed by atoms with Crippen LogP contribution in [-0.4, -0.2) is 23.2 Å². The van der Waals surface area contributed by atoms with Gasteiger partial charge in [0, 0.05) is 12.5 Å². The Hall–Kier alpha value is -0.570. The highest BCUT2D eigenvalue weighted by molar-refractivity contribution is 5.78. The van der Waals surface area contributed by atoms with Crippen molar-refractivity contribution in [2.45, 2.75) is 53.1 Å². The fourth-order valence-corrected chi connectivity index (χ4v) is 1.51. The highest BCUT2D eigenvalue weighted by Crippen LogP contribution is 2.17. The van der Waals surface area contributed by atoms with E-state index in [0.29, 0.717) is 12.5 Å². The lowest BCUT2D eigenvalue weighted by molar-refractivity contribution is -0.127. The third kappa shape index (κ3) is 6.50. The van der Waals surface area contributed by atoms with Crippen molar-refractivity contribution in [2.24, 2.45) is 11.8 Å². The van der Waals surface area contributed by atoms with Gasteiger partial charge in [0.15, 0.2) is 0 Å². The Bertz CT molecular complexity index is 194. The van der Waals surface area contributed by atoms with Crippen molar-refractivity contribution < 1.29 is 9.90 Å². The van der Waals surface area contributed by atoms with Gasteiger partial charge >= 0.3 is 0 Å². The van der Waals surface area contributed by atoms with Crippen LogP contribution in [0.25, 0.3) is 0 Å². The summed E-state index contributed by atoms with van der Waals surface area (Å²) in [5, 5.41) is 12.3. The zero-order chi connectivity index (χ0) is 12.1. The molecule has 1 amide bonds. The van der Waals surface area contributed by atoms with Gasteiger partial charge in [-0.05, 0) is 26.2 Å². The minimum Gasteiger partial charge on any atom is -0.389 e. The lowest BCUT2D eigenvalue weighted by atomic mass is 9.90. The van der Waals surface area contributed by atoms with Gasteiger partial charge in [0.1, 0.15) is 0 Å². The van der Waals surface area contributed by atoms with E-state index in [1.807, 2.05) is 0 Å². The van der Waals surface area contributed by atoms with Crippen LogP contribution in [0, 0.1) is 11.8 Å². The molecule has 0 aliphatic carbocycles. The molecule has 0 aromatic carbocycles. The van der Waals surface area contributed by atoms with Crippen LogP contribution in [0.3, 0.4) is 0 Å². The number of rotatable bonds is 6. The predicted molar refractivity (Wildman–Crippen MR) is 62.5 cm³/mol. The Morgan fingerprint density at radius 1 is 1.40 bits per heavy atom. The molecular weight excluding hydrogens is 190 g/mol. The van der Waals surface area contributed by atoms with Crippen LogP contribution in [-0.2, 0) is 4.79 Å². The molecule has 3 heteroatoms. The molecule has 0 aliphatic heterocycles. The Labute approximate surface area is 93.3 Å². The number of aliphatic hydroxyl groups is 1. The first-order valence-electron chi connectivity index (χ1n) is 5.78. The fraction of sp³-hybridized carbons (Fsp3) is 0.917. The quantitative estimate of drug-likeness (QED) is 0.711. The number of amides is 1. The highest BCUT2D eigenvalue weighted by Gasteiger charge is 2.22. The minimum atomic E-state index is -0.830. The predicted octanol–water partition coefficient (Wildman–Crippen LogP) is 1.95. The van der Waals surface area contributed by atoms with E-state index in [0.717, 1.165) is 12.8 Å². The molecule has 1 atom stereocenters. The Morgan fingerprint density at radius 2 is 1.93 bits per heavy atom.